The minimum absolute atomic E-state index is 0.000166. The van der Waals surface area contributed by atoms with Crippen LogP contribution in [0.5, 0.6) is 0 Å². The number of aliphatic imine (C=N–C) groups is 1. The summed E-state index contributed by atoms with van der Waals surface area (Å²) in [5.41, 5.74) is 15.9. The Morgan fingerprint density at radius 1 is 0.738 bits per heavy atom. The van der Waals surface area contributed by atoms with Gasteiger partial charge < -0.3 is 84.7 Å². The molecule has 1 aliphatic heterocycles. The van der Waals surface area contributed by atoms with Gasteiger partial charge in [0.25, 0.3) is 5.91 Å². The van der Waals surface area contributed by atoms with Gasteiger partial charge in [-0.05, 0) is 65.7 Å². The number of unbranched alkanes of at least 4 members (excludes halogenated alkanes) is 8. The molecule has 0 bridgehead atoms. The average molecular weight is 1140 g/mol. The summed E-state index contributed by atoms with van der Waals surface area (Å²) in [6, 6.07) is -10.2. The number of cyclic esters (lactones) is 1. The maximum absolute atomic E-state index is 14.5. The monoisotopic (exact) mass is 1140 g/mol. The van der Waals surface area contributed by atoms with Crippen molar-refractivity contribution in [2.24, 2.45) is 28.1 Å². The van der Waals surface area contributed by atoms with E-state index in [1.807, 2.05) is 0 Å². The van der Waals surface area contributed by atoms with E-state index in [0.717, 1.165) is 57.9 Å². The maximum atomic E-state index is 14.5. The second-order valence-corrected chi connectivity index (χ2v) is 20.5. The van der Waals surface area contributed by atoms with E-state index in [1.54, 1.807) is 13.8 Å². The van der Waals surface area contributed by atoms with Crippen LogP contribution in [0.2, 0.25) is 0 Å². The molecule has 28 heteroatoms. The number of guanidine groups is 1. The lowest BCUT2D eigenvalue weighted by atomic mass is 10.0. The van der Waals surface area contributed by atoms with Gasteiger partial charge in [0.2, 0.25) is 53.2 Å². The number of hydrogen-bond acceptors (Lipinski definition) is 16. The molecule has 1 fully saturated rings. The van der Waals surface area contributed by atoms with Crippen LogP contribution >= 0.6 is 0 Å². The Kier molecular flexibility index (Phi) is 33.6. The number of likely N-dealkylation sites (N-methyl/N-ethyl adjacent to an activating group) is 1. The Balaban J connectivity index is 3.82. The number of carbonyl (C=O) groups excluding carboxylic acids is 11. The van der Waals surface area contributed by atoms with Gasteiger partial charge in [-0.1, -0.05) is 84.6 Å². The number of nitrogens with zero attached hydrogens (tertiary/aromatic N) is 2. The normalized spacial score (nSPS) is 23.0. The van der Waals surface area contributed by atoms with Gasteiger partial charge in [0, 0.05) is 20.0 Å². The molecule has 1 rings (SSSR count). The fraction of sp³-hybridized carbons (Fsp3) is 0.731. The first-order valence-electron chi connectivity index (χ1n) is 27.5. The van der Waals surface area contributed by atoms with Crippen LogP contribution in [0.15, 0.2) is 16.8 Å². The molecule has 0 aromatic heterocycles. The van der Waals surface area contributed by atoms with Crippen molar-refractivity contribution in [2.75, 3.05) is 26.7 Å². The van der Waals surface area contributed by atoms with E-state index in [9.17, 15) is 68.1 Å². The molecule has 0 radical (unpaired) electrons. The standard InChI is InChI=1S/C52H91N13O15/c1-9-11-12-13-14-15-16-17-18-20-33(68)26-39(70)59-34(10-2)47(75)64-43-32(7)80-51(79)36(21-19-24-56-52(54)55)61-50(78)44(31(6)67)65(8)41(72)28-58-45(73)35(22-23-38(53)69)60-40(71)27-57-46(74)37(25-29(3)4)62-48(76)42(30(5)66)63-49(43)77/h10,29-33,35-37,42-44,66-68H,9,11-28H2,1-8H3,(H2,53,69)(H,57,74)(H,58,73)(H,59,70)(H,60,71)(H,61,78)(H,62,76)(H,63,77)(H,64,75)(H4,54,55,56). The van der Waals surface area contributed by atoms with Gasteiger partial charge in [0.15, 0.2) is 5.96 Å². The van der Waals surface area contributed by atoms with E-state index < -0.39 is 151 Å². The zero-order valence-corrected chi connectivity index (χ0v) is 47.7. The number of esters is 1. The summed E-state index contributed by atoms with van der Waals surface area (Å²) in [5.74, 6) is -11.8. The Morgan fingerprint density at radius 3 is 1.89 bits per heavy atom. The number of nitrogens with one attached hydrogen (secondary N) is 8. The van der Waals surface area contributed by atoms with Crippen LogP contribution < -0.4 is 59.7 Å². The number of hydrogen-bond donors (Lipinski definition) is 14. The molecule has 80 heavy (non-hydrogen) atoms. The van der Waals surface area contributed by atoms with Crippen molar-refractivity contribution in [3.63, 3.8) is 0 Å². The molecule has 17 N–H and O–H groups in total. The van der Waals surface area contributed by atoms with E-state index in [1.165, 1.54) is 39.2 Å². The predicted octanol–water partition coefficient (Wildman–Crippen LogP) is -2.77. The number of rotatable bonds is 26. The third-order valence-corrected chi connectivity index (χ3v) is 12.9. The van der Waals surface area contributed by atoms with Gasteiger partial charge in [-0.2, -0.15) is 0 Å². The number of allylic oxidation sites excluding steroid dienone is 1. The van der Waals surface area contributed by atoms with Crippen LogP contribution in [0.25, 0.3) is 0 Å². The number of aliphatic hydroxyl groups excluding tert-OH is 3. The lowest BCUT2D eigenvalue weighted by Crippen LogP contribution is -2.62. The van der Waals surface area contributed by atoms with Crippen LogP contribution in [0, 0.1) is 5.92 Å². The molecule has 0 aromatic rings. The molecule has 28 nitrogen and oxygen atoms in total. The Morgan fingerprint density at radius 2 is 1.32 bits per heavy atom. The van der Waals surface area contributed by atoms with E-state index in [0.29, 0.717) is 12.8 Å². The van der Waals surface area contributed by atoms with Gasteiger partial charge in [0.05, 0.1) is 37.8 Å². The largest absolute Gasteiger partial charge is 0.458 e. The lowest BCUT2D eigenvalue weighted by molar-refractivity contribution is -0.157. The molecule has 1 saturated heterocycles. The summed E-state index contributed by atoms with van der Waals surface area (Å²) < 4.78 is 5.74. The second-order valence-electron chi connectivity index (χ2n) is 20.5. The number of primary amides is 1. The van der Waals surface area contributed by atoms with E-state index in [2.05, 4.69) is 54.5 Å². The third kappa shape index (κ3) is 27.8. The van der Waals surface area contributed by atoms with Crippen molar-refractivity contribution in [1.82, 2.24) is 47.4 Å². The molecule has 10 unspecified atom stereocenters. The molecule has 10 amide bonds. The third-order valence-electron chi connectivity index (χ3n) is 12.9. The summed E-state index contributed by atoms with van der Waals surface area (Å²) in [4.78, 5) is 154. The highest BCUT2D eigenvalue weighted by molar-refractivity contribution is 6.01. The summed E-state index contributed by atoms with van der Waals surface area (Å²) in [6.45, 7) is 8.74. The smallest absolute Gasteiger partial charge is 0.328 e. The topological polar surface area (TPSA) is 448 Å². The SMILES string of the molecule is CC=C(NC(=O)CC(O)CCCCCCCCCCC)C(=O)NC1C(=O)NC(C(C)O)C(=O)NC(CC(C)C)C(=O)NCC(=O)NC(CCC(N)=O)C(=O)NCC(=O)N(C)C(C(C)O)C(=O)NC(CCCN=C(N)N)C(=O)OC1C. The van der Waals surface area contributed by atoms with Gasteiger partial charge in [-0.25, -0.2) is 4.79 Å². The molecule has 10 atom stereocenters. The van der Waals surface area contributed by atoms with Crippen LogP contribution in [-0.4, -0.2) is 179 Å². The summed E-state index contributed by atoms with van der Waals surface area (Å²) in [7, 11) is 1.11. The predicted molar refractivity (Wildman–Crippen MR) is 293 cm³/mol. The highest BCUT2D eigenvalue weighted by atomic mass is 16.5. The highest BCUT2D eigenvalue weighted by Crippen LogP contribution is 2.15. The van der Waals surface area contributed by atoms with Crippen molar-refractivity contribution in [1.29, 1.82) is 0 Å². The van der Waals surface area contributed by atoms with Crippen molar-refractivity contribution >= 4 is 71.0 Å². The first-order chi connectivity index (χ1) is 37.6. The maximum Gasteiger partial charge on any atom is 0.328 e. The quantitative estimate of drug-likeness (QED) is 0.0137. The van der Waals surface area contributed by atoms with Crippen LogP contribution in [-0.2, 0) is 57.5 Å². The first-order valence-corrected chi connectivity index (χ1v) is 27.5. The van der Waals surface area contributed by atoms with Crippen molar-refractivity contribution < 1.29 is 72.8 Å². The highest BCUT2D eigenvalue weighted by Gasteiger charge is 2.39. The van der Waals surface area contributed by atoms with Gasteiger partial charge in [-0.15, -0.1) is 0 Å². The number of ether oxygens (including phenoxy) is 1. The number of aliphatic hydroxyl groups is 3. The van der Waals surface area contributed by atoms with E-state index in [-0.39, 0.29) is 50.5 Å². The Labute approximate surface area is 468 Å². The molecule has 0 aliphatic carbocycles. The van der Waals surface area contributed by atoms with Gasteiger partial charge in [-0.3, -0.25) is 52.9 Å². The van der Waals surface area contributed by atoms with Crippen LogP contribution in [0.4, 0.5) is 0 Å². The molecule has 0 saturated carbocycles. The van der Waals surface area contributed by atoms with E-state index in [4.69, 9.17) is 21.9 Å². The Bertz CT molecular complexity index is 2140. The number of carbonyl (C=O) groups is 11. The lowest BCUT2D eigenvalue weighted by Gasteiger charge is -2.32. The molecular formula is C52H91N13O15. The van der Waals surface area contributed by atoms with Crippen molar-refractivity contribution in [3.05, 3.63) is 11.8 Å². The second kappa shape index (κ2) is 37.8. The number of nitrogens with two attached hydrogens (primary N) is 3. The average Bonchev–Trinajstić information content (AvgIpc) is 3.37. The molecule has 1 aliphatic rings. The summed E-state index contributed by atoms with van der Waals surface area (Å²) >= 11 is 0. The zero-order chi connectivity index (χ0) is 60.6. The number of amides is 10. The summed E-state index contributed by atoms with van der Waals surface area (Å²) in [6.07, 6.45) is 3.42. The summed E-state index contributed by atoms with van der Waals surface area (Å²) in [5, 5.41) is 51.5. The van der Waals surface area contributed by atoms with Gasteiger partial charge in [0.1, 0.15) is 48.1 Å². The molecule has 0 aromatic carbocycles. The van der Waals surface area contributed by atoms with Crippen molar-refractivity contribution in [2.45, 2.75) is 212 Å². The van der Waals surface area contributed by atoms with E-state index >= 15 is 0 Å². The molecule has 1 heterocycles. The minimum atomic E-state index is -1.97. The Hall–Kier alpha value is -6.94. The van der Waals surface area contributed by atoms with Crippen LogP contribution in [0.3, 0.4) is 0 Å². The molecule has 454 valence electrons. The minimum Gasteiger partial charge on any atom is -0.458 e. The van der Waals surface area contributed by atoms with Crippen molar-refractivity contribution in [3.8, 4) is 0 Å². The molecule has 0 spiro atoms. The fourth-order valence-corrected chi connectivity index (χ4v) is 8.41. The zero-order valence-electron chi connectivity index (χ0n) is 47.7. The first kappa shape index (κ1) is 71.1. The molecular weight excluding hydrogens is 1050 g/mol. The van der Waals surface area contributed by atoms with Gasteiger partial charge >= 0.3 is 5.97 Å². The van der Waals surface area contributed by atoms with Crippen LogP contribution in [0.1, 0.15) is 151 Å². The fourth-order valence-electron chi connectivity index (χ4n) is 8.41.